The second-order valence-corrected chi connectivity index (χ2v) is 6.10. The molecule has 0 saturated carbocycles. The molecule has 0 bridgehead atoms. The normalized spacial score (nSPS) is 13.2. The summed E-state index contributed by atoms with van der Waals surface area (Å²) in [5, 5.41) is 8.33. The lowest BCUT2D eigenvalue weighted by molar-refractivity contribution is 0.0781. The van der Waals surface area contributed by atoms with Gasteiger partial charge in [-0.05, 0) is 24.6 Å². The molecule has 6 nitrogen and oxygen atoms in total. The number of nitrogens with two attached hydrogens (primary N) is 1. The lowest BCUT2D eigenvalue weighted by Crippen LogP contribution is -2.28. The highest BCUT2D eigenvalue weighted by atomic mass is 79.9. The molecule has 7 heteroatoms. The Hall–Kier alpha value is -1.89. The second-order valence-electron chi connectivity index (χ2n) is 5.18. The van der Waals surface area contributed by atoms with E-state index in [0.29, 0.717) is 17.8 Å². The Kier molecular flexibility index (Phi) is 3.67. The van der Waals surface area contributed by atoms with Crippen molar-refractivity contribution in [1.82, 2.24) is 19.7 Å². The van der Waals surface area contributed by atoms with E-state index in [0.717, 1.165) is 35.5 Å². The summed E-state index contributed by atoms with van der Waals surface area (Å²) in [6, 6.07) is 5.27. The van der Waals surface area contributed by atoms with Gasteiger partial charge < -0.3 is 15.2 Å². The molecule has 0 spiro atoms. The highest BCUT2D eigenvalue weighted by molar-refractivity contribution is 9.10. The summed E-state index contributed by atoms with van der Waals surface area (Å²) in [6.07, 6.45) is 2.06. The van der Waals surface area contributed by atoms with Crippen molar-refractivity contribution >= 4 is 27.5 Å². The minimum atomic E-state index is -0.115. The van der Waals surface area contributed by atoms with Gasteiger partial charge in [0.25, 0.3) is 5.91 Å². The zero-order valence-corrected chi connectivity index (χ0v) is 13.3. The Morgan fingerprint density at radius 1 is 1.48 bits per heavy atom. The number of hydrogen-bond acceptors (Lipinski definition) is 4. The van der Waals surface area contributed by atoms with Gasteiger partial charge in [0.05, 0.1) is 12.1 Å². The molecule has 1 aromatic heterocycles. The molecule has 2 heterocycles. The monoisotopic (exact) mass is 349 g/mol. The van der Waals surface area contributed by atoms with Gasteiger partial charge in [-0.1, -0.05) is 15.9 Å². The number of aryl methyl sites for hydroxylation is 1. The molecule has 1 aliphatic heterocycles. The quantitative estimate of drug-likeness (QED) is 0.857. The van der Waals surface area contributed by atoms with E-state index in [2.05, 4.69) is 30.7 Å². The van der Waals surface area contributed by atoms with Gasteiger partial charge in [-0.3, -0.25) is 4.79 Å². The first kappa shape index (κ1) is 14.1. The molecule has 110 valence electrons. The topological polar surface area (TPSA) is 77.0 Å². The third-order valence-electron chi connectivity index (χ3n) is 3.66. The highest BCUT2D eigenvalue weighted by Crippen LogP contribution is 2.21. The summed E-state index contributed by atoms with van der Waals surface area (Å²) in [4.78, 5) is 14.1. The van der Waals surface area contributed by atoms with Gasteiger partial charge in [-0.25, -0.2) is 0 Å². The molecule has 0 saturated heterocycles. The number of halogens is 1. The van der Waals surface area contributed by atoms with E-state index in [-0.39, 0.29) is 5.91 Å². The maximum atomic E-state index is 12.5. The number of nitrogen functional groups attached to an aromatic ring is 1. The summed E-state index contributed by atoms with van der Waals surface area (Å²) in [7, 11) is 1.75. The maximum absolute atomic E-state index is 12.5. The van der Waals surface area contributed by atoms with Crippen molar-refractivity contribution in [3.63, 3.8) is 0 Å². The van der Waals surface area contributed by atoms with Crippen LogP contribution in [-0.2, 0) is 19.5 Å². The summed E-state index contributed by atoms with van der Waals surface area (Å²) in [5.74, 6) is 1.72. The van der Waals surface area contributed by atoms with Crippen LogP contribution in [0.5, 0.6) is 0 Å². The molecule has 1 aromatic carbocycles. The molecule has 0 unspecified atom stereocenters. The predicted octanol–water partition coefficient (Wildman–Crippen LogP) is 1.84. The fourth-order valence-electron chi connectivity index (χ4n) is 2.55. The van der Waals surface area contributed by atoms with Crippen molar-refractivity contribution in [3.8, 4) is 0 Å². The summed E-state index contributed by atoms with van der Waals surface area (Å²) in [5.41, 5.74) is 6.88. The van der Waals surface area contributed by atoms with E-state index < -0.39 is 0 Å². The Morgan fingerprint density at radius 3 is 3.05 bits per heavy atom. The van der Waals surface area contributed by atoms with Crippen LogP contribution in [0.25, 0.3) is 0 Å². The molecule has 21 heavy (non-hydrogen) atoms. The number of amides is 1. The molecular weight excluding hydrogens is 334 g/mol. The van der Waals surface area contributed by atoms with Crippen LogP contribution in [0.15, 0.2) is 22.7 Å². The number of hydrogen-bond donors (Lipinski definition) is 1. The molecular formula is C14H16BrN5O. The third kappa shape index (κ3) is 2.65. The van der Waals surface area contributed by atoms with E-state index in [1.165, 1.54) is 0 Å². The van der Waals surface area contributed by atoms with Gasteiger partial charge in [-0.2, -0.15) is 0 Å². The first-order chi connectivity index (χ1) is 10.1. The SMILES string of the molecule is CN(Cc1nnc2n1CCC2)C(=O)c1ccc(Br)cc1N. The van der Waals surface area contributed by atoms with Crippen molar-refractivity contribution < 1.29 is 4.79 Å². The molecule has 2 aromatic rings. The van der Waals surface area contributed by atoms with Crippen LogP contribution in [0.2, 0.25) is 0 Å². The number of benzene rings is 1. The maximum Gasteiger partial charge on any atom is 0.256 e. The minimum Gasteiger partial charge on any atom is -0.398 e. The first-order valence-corrected chi connectivity index (χ1v) is 7.57. The summed E-state index contributed by atoms with van der Waals surface area (Å²) >= 11 is 3.34. The summed E-state index contributed by atoms with van der Waals surface area (Å²) < 4.78 is 2.95. The van der Waals surface area contributed by atoms with Crippen LogP contribution in [0.1, 0.15) is 28.4 Å². The third-order valence-corrected chi connectivity index (χ3v) is 4.15. The Bertz CT molecular complexity index is 697. The predicted molar refractivity (Wildman–Crippen MR) is 82.7 cm³/mol. The fourth-order valence-corrected chi connectivity index (χ4v) is 2.92. The van der Waals surface area contributed by atoms with Crippen molar-refractivity contribution in [1.29, 1.82) is 0 Å². The fraction of sp³-hybridized carbons (Fsp3) is 0.357. The Labute approximate surface area is 131 Å². The van der Waals surface area contributed by atoms with Crippen LogP contribution < -0.4 is 5.73 Å². The number of carbonyl (C=O) groups is 1. The number of rotatable bonds is 3. The molecule has 0 fully saturated rings. The number of carbonyl (C=O) groups excluding carboxylic acids is 1. The molecule has 3 rings (SSSR count). The first-order valence-electron chi connectivity index (χ1n) is 6.77. The van der Waals surface area contributed by atoms with Crippen molar-refractivity contribution in [2.45, 2.75) is 25.9 Å². The second kappa shape index (κ2) is 5.48. The van der Waals surface area contributed by atoms with Crippen LogP contribution in [-0.4, -0.2) is 32.6 Å². The zero-order chi connectivity index (χ0) is 15.0. The van der Waals surface area contributed by atoms with E-state index in [1.807, 2.05) is 6.07 Å². The average Bonchev–Trinajstić information content (AvgIpc) is 3.03. The van der Waals surface area contributed by atoms with Crippen LogP contribution in [0.4, 0.5) is 5.69 Å². The molecule has 1 amide bonds. The molecule has 0 radical (unpaired) electrons. The average molecular weight is 350 g/mol. The molecule has 0 aliphatic carbocycles. The van der Waals surface area contributed by atoms with Gasteiger partial charge in [0.15, 0.2) is 5.82 Å². The zero-order valence-electron chi connectivity index (χ0n) is 11.7. The highest BCUT2D eigenvalue weighted by Gasteiger charge is 2.21. The number of aromatic nitrogens is 3. The van der Waals surface area contributed by atoms with Crippen molar-refractivity contribution in [3.05, 3.63) is 39.9 Å². The lowest BCUT2D eigenvalue weighted by atomic mass is 10.1. The van der Waals surface area contributed by atoms with Gasteiger partial charge >= 0.3 is 0 Å². The van der Waals surface area contributed by atoms with Crippen LogP contribution in [0.3, 0.4) is 0 Å². The van der Waals surface area contributed by atoms with Gasteiger partial charge in [0, 0.05) is 30.2 Å². The largest absolute Gasteiger partial charge is 0.398 e. The standard InChI is InChI=1S/C14H16BrN5O/c1-19(8-13-18-17-12-3-2-6-20(12)13)14(21)10-5-4-9(15)7-11(10)16/h4-5,7H,2-3,6,8,16H2,1H3. The van der Waals surface area contributed by atoms with Crippen LogP contribution >= 0.6 is 15.9 Å². The Balaban J connectivity index is 1.78. The molecule has 1 aliphatic rings. The van der Waals surface area contributed by atoms with E-state index >= 15 is 0 Å². The van der Waals surface area contributed by atoms with E-state index in [4.69, 9.17) is 5.73 Å². The van der Waals surface area contributed by atoms with Crippen LogP contribution in [0, 0.1) is 0 Å². The lowest BCUT2D eigenvalue weighted by Gasteiger charge is -2.18. The molecule has 0 atom stereocenters. The number of fused-ring (bicyclic) bond motifs is 1. The summed E-state index contributed by atoms with van der Waals surface area (Å²) in [6.45, 7) is 1.36. The minimum absolute atomic E-state index is 0.115. The van der Waals surface area contributed by atoms with Gasteiger partial charge in [0.2, 0.25) is 0 Å². The molecule has 2 N–H and O–H groups in total. The van der Waals surface area contributed by atoms with Crippen molar-refractivity contribution in [2.24, 2.45) is 0 Å². The van der Waals surface area contributed by atoms with Gasteiger partial charge in [0.1, 0.15) is 5.82 Å². The number of anilines is 1. The van der Waals surface area contributed by atoms with E-state index in [9.17, 15) is 4.79 Å². The van der Waals surface area contributed by atoms with Gasteiger partial charge in [-0.15, -0.1) is 10.2 Å². The Morgan fingerprint density at radius 2 is 2.29 bits per heavy atom. The smallest absolute Gasteiger partial charge is 0.256 e. The van der Waals surface area contributed by atoms with E-state index in [1.54, 1.807) is 24.1 Å². The number of nitrogens with zero attached hydrogens (tertiary/aromatic N) is 4. The van der Waals surface area contributed by atoms with Crippen molar-refractivity contribution in [2.75, 3.05) is 12.8 Å².